The van der Waals surface area contributed by atoms with Crippen LogP contribution in [0.4, 0.5) is 13.2 Å². The van der Waals surface area contributed by atoms with E-state index in [1.165, 1.54) is 24.3 Å². The number of carboxylic acid groups (broad SMARTS) is 1. The van der Waals surface area contributed by atoms with E-state index >= 15 is 0 Å². The van der Waals surface area contributed by atoms with Gasteiger partial charge in [0.15, 0.2) is 0 Å². The summed E-state index contributed by atoms with van der Waals surface area (Å²) in [4.78, 5) is 10.9. The average Bonchev–Trinajstić information content (AvgIpc) is 2.25. The Bertz CT molecular complexity index is 389. The van der Waals surface area contributed by atoms with E-state index in [2.05, 4.69) is 4.74 Å². The molecule has 1 atom stereocenters. The Morgan fingerprint density at radius 2 is 1.82 bits per heavy atom. The van der Waals surface area contributed by atoms with Crippen LogP contribution in [0.2, 0.25) is 0 Å². The highest BCUT2D eigenvalue weighted by molar-refractivity contribution is 5.79. The predicted molar refractivity (Wildman–Crippen MR) is 53.6 cm³/mol. The summed E-state index contributed by atoms with van der Waals surface area (Å²) in [5.74, 6) is -2.05. The van der Waals surface area contributed by atoms with Crippen molar-refractivity contribution in [2.45, 2.75) is 18.2 Å². The molecule has 0 heterocycles. The quantitative estimate of drug-likeness (QED) is 0.889. The van der Waals surface area contributed by atoms with Gasteiger partial charge in [0.25, 0.3) is 5.60 Å². The first-order valence-corrected chi connectivity index (χ1v) is 4.72. The molecule has 0 aliphatic heterocycles. The number of methoxy groups -OCH3 is 1. The van der Waals surface area contributed by atoms with Crippen molar-refractivity contribution in [1.29, 1.82) is 0 Å². The zero-order valence-electron chi connectivity index (χ0n) is 8.99. The number of benzene rings is 1. The predicted octanol–water partition coefficient (Wildman–Crippen LogP) is 2.26. The standard InChI is InChI=1S/C11H11F3O3/c1-17-10(9(15)16,11(12,13)14)7-8-5-3-2-4-6-8/h2-6H,7H2,1H3,(H,15,16)/t10-/m0/s1. The highest BCUT2D eigenvalue weighted by Gasteiger charge is 2.61. The lowest BCUT2D eigenvalue weighted by Gasteiger charge is -2.30. The van der Waals surface area contributed by atoms with Crippen LogP contribution in [0.5, 0.6) is 0 Å². The van der Waals surface area contributed by atoms with Gasteiger partial charge < -0.3 is 9.84 Å². The van der Waals surface area contributed by atoms with Gasteiger partial charge in [0.1, 0.15) is 0 Å². The molecule has 0 unspecified atom stereocenters. The van der Waals surface area contributed by atoms with Gasteiger partial charge >= 0.3 is 12.1 Å². The molecule has 1 aromatic rings. The summed E-state index contributed by atoms with van der Waals surface area (Å²) in [6, 6.07) is 7.54. The van der Waals surface area contributed by atoms with Crippen molar-refractivity contribution in [2.24, 2.45) is 0 Å². The summed E-state index contributed by atoms with van der Waals surface area (Å²) < 4.78 is 42.7. The van der Waals surface area contributed by atoms with Crippen molar-refractivity contribution in [1.82, 2.24) is 0 Å². The summed E-state index contributed by atoms with van der Waals surface area (Å²) in [5.41, 5.74) is -2.96. The van der Waals surface area contributed by atoms with Crippen LogP contribution in [0.15, 0.2) is 30.3 Å². The van der Waals surface area contributed by atoms with Gasteiger partial charge in [0.2, 0.25) is 0 Å². The number of carboxylic acids is 1. The maximum Gasteiger partial charge on any atom is 0.428 e. The lowest BCUT2D eigenvalue weighted by atomic mass is 9.93. The second-order valence-corrected chi connectivity index (χ2v) is 3.50. The zero-order valence-corrected chi connectivity index (χ0v) is 8.99. The van der Waals surface area contributed by atoms with E-state index in [1.54, 1.807) is 6.07 Å². The lowest BCUT2D eigenvalue weighted by Crippen LogP contribution is -2.55. The Morgan fingerprint density at radius 3 is 2.18 bits per heavy atom. The third-order valence-electron chi connectivity index (χ3n) is 2.45. The number of aliphatic carboxylic acids is 1. The van der Waals surface area contributed by atoms with Gasteiger partial charge in [0, 0.05) is 13.5 Å². The van der Waals surface area contributed by atoms with Crippen LogP contribution in [0.3, 0.4) is 0 Å². The fraction of sp³-hybridized carbons (Fsp3) is 0.364. The molecule has 0 aliphatic rings. The molecule has 1 aromatic carbocycles. The Hall–Kier alpha value is -1.56. The molecule has 94 valence electrons. The SMILES string of the molecule is CO[C@@](Cc1ccccc1)(C(=O)O)C(F)(F)F. The summed E-state index contributed by atoms with van der Waals surface area (Å²) in [6.07, 6.45) is -5.74. The molecule has 0 fully saturated rings. The Morgan fingerprint density at radius 1 is 1.29 bits per heavy atom. The number of halogens is 3. The van der Waals surface area contributed by atoms with Crippen molar-refractivity contribution in [3.63, 3.8) is 0 Å². The second-order valence-electron chi connectivity index (χ2n) is 3.50. The van der Waals surface area contributed by atoms with Gasteiger partial charge in [0.05, 0.1) is 0 Å². The van der Waals surface area contributed by atoms with Crippen LogP contribution in [-0.4, -0.2) is 30.0 Å². The van der Waals surface area contributed by atoms with E-state index in [-0.39, 0.29) is 5.56 Å². The van der Waals surface area contributed by atoms with Crippen LogP contribution in [0.1, 0.15) is 5.56 Å². The molecule has 1 rings (SSSR count). The Balaban J connectivity index is 3.13. The Labute approximate surface area is 95.8 Å². The minimum Gasteiger partial charge on any atom is -0.479 e. The number of carbonyl (C=O) groups is 1. The van der Waals surface area contributed by atoms with Crippen LogP contribution < -0.4 is 0 Å². The average molecular weight is 248 g/mol. The van der Waals surface area contributed by atoms with Crippen molar-refractivity contribution >= 4 is 5.97 Å². The molecule has 0 bridgehead atoms. The number of rotatable bonds is 4. The molecule has 0 saturated carbocycles. The molecule has 0 aliphatic carbocycles. The van der Waals surface area contributed by atoms with Gasteiger partial charge in [-0.1, -0.05) is 30.3 Å². The Kier molecular flexibility index (Phi) is 3.77. The molecule has 6 heteroatoms. The highest BCUT2D eigenvalue weighted by atomic mass is 19.4. The third-order valence-corrected chi connectivity index (χ3v) is 2.45. The second kappa shape index (κ2) is 4.75. The van der Waals surface area contributed by atoms with Crippen molar-refractivity contribution < 1.29 is 27.8 Å². The number of ether oxygens (including phenoxy) is 1. The van der Waals surface area contributed by atoms with Crippen LogP contribution >= 0.6 is 0 Å². The third kappa shape index (κ3) is 2.58. The van der Waals surface area contributed by atoms with Gasteiger partial charge in [-0.15, -0.1) is 0 Å². The minimum atomic E-state index is -4.98. The number of hydrogen-bond acceptors (Lipinski definition) is 2. The fourth-order valence-electron chi connectivity index (χ4n) is 1.46. The molecule has 17 heavy (non-hydrogen) atoms. The molecule has 0 radical (unpaired) electrons. The smallest absolute Gasteiger partial charge is 0.428 e. The minimum absolute atomic E-state index is 0.245. The van der Waals surface area contributed by atoms with E-state index in [4.69, 9.17) is 5.11 Å². The normalized spacial score (nSPS) is 15.3. The molecule has 3 nitrogen and oxygen atoms in total. The van der Waals surface area contributed by atoms with Gasteiger partial charge in [-0.3, -0.25) is 0 Å². The van der Waals surface area contributed by atoms with E-state index in [0.717, 1.165) is 7.11 Å². The first-order valence-electron chi connectivity index (χ1n) is 4.72. The monoisotopic (exact) mass is 248 g/mol. The maximum absolute atomic E-state index is 12.8. The van der Waals surface area contributed by atoms with Crippen molar-refractivity contribution in [3.8, 4) is 0 Å². The topological polar surface area (TPSA) is 46.5 Å². The first-order chi connectivity index (χ1) is 7.83. The molecule has 0 spiro atoms. The van der Waals surface area contributed by atoms with Gasteiger partial charge in [-0.25, -0.2) is 4.79 Å². The lowest BCUT2D eigenvalue weighted by molar-refractivity contribution is -0.267. The van der Waals surface area contributed by atoms with Crippen LogP contribution in [-0.2, 0) is 16.0 Å². The summed E-state index contributed by atoms with van der Waals surface area (Å²) in [7, 11) is 0.741. The zero-order chi connectivity index (χ0) is 13.1. The van der Waals surface area contributed by atoms with Crippen molar-refractivity contribution in [2.75, 3.05) is 7.11 Å². The molecule has 1 N–H and O–H groups in total. The van der Waals surface area contributed by atoms with Crippen LogP contribution in [0, 0.1) is 0 Å². The summed E-state index contributed by atoms with van der Waals surface area (Å²) in [6.45, 7) is 0. The summed E-state index contributed by atoms with van der Waals surface area (Å²) in [5, 5.41) is 8.78. The van der Waals surface area contributed by atoms with E-state index in [0.29, 0.717) is 0 Å². The fourth-order valence-corrected chi connectivity index (χ4v) is 1.46. The molecule has 0 saturated heterocycles. The number of hydrogen-bond donors (Lipinski definition) is 1. The summed E-state index contributed by atoms with van der Waals surface area (Å²) >= 11 is 0. The van der Waals surface area contributed by atoms with Crippen LogP contribution in [0.25, 0.3) is 0 Å². The first kappa shape index (κ1) is 13.5. The number of alkyl halides is 3. The largest absolute Gasteiger partial charge is 0.479 e. The molecule has 0 amide bonds. The van der Waals surface area contributed by atoms with E-state index in [1.807, 2.05) is 0 Å². The van der Waals surface area contributed by atoms with Gasteiger partial charge in [-0.2, -0.15) is 13.2 Å². The maximum atomic E-state index is 12.8. The van der Waals surface area contributed by atoms with E-state index in [9.17, 15) is 18.0 Å². The molecular weight excluding hydrogens is 237 g/mol. The molecular formula is C11H11F3O3. The van der Waals surface area contributed by atoms with E-state index < -0.39 is 24.2 Å². The molecule has 0 aromatic heterocycles. The highest BCUT2D eigenvalue weighted by Crippen LogP contribution is 2.36. The van der Waals surface area contributed by atoms with Gasteiger partial charge in [-0.05, 0) is 5.56 Å². The van der Waals surface area contributed by atoms with Crippen molar-refractivity contribution in [3.05, 3.63) is 35.9 Å².